The number of carbonyl (C=O) groups is 1. The lowest BCUT2D eigenvalue weighted by atomic mass is 10.1. The summed E-state index contributed by atoms with van der Waals surface area (Å²) in [5.41, 5.74) is 3.68. The summed E-state index contributed by atoms with van der Waals surface area (Å²) in [7, 11) is 0. The molecule has 0 spiro atoms. The van der Waals surface area contributed by atoms with Crippen LogP contribution in [0.1, 0.15) is 17.0 Å². The molecular formula is C22H16Cl3N3O. The van der Waals surface area contributed by atoms with Gasteiger partial charge < -0.3 is 9.88 Å². The highest BCUT2D eigenvalue weighted by atomic mass is 35.5. The number of amides is 1. The van der Waals surface area contributed by atoms with Gasteiger partial charge in [0.1, 0.15) is 11.6 Å². The monoisotopic (exact) mass is 443 g/mol. The number of benzene rings is 2. The summed E-state index contributed by atoms with van der Waals surface area (Å²) >= 11 is 18.5. The molecule has 29 heavy (non-hydrogen) atoms. The molecule has 0 saturated heterocycles. The van der Waals surface area contributed by atoms with Crippen molar-refractivity contribution in [3.8, 4) is 11.8 Å². The van der Waals surface area contributed by atoms with Crippen molar-refractivity contribution in [1.29, 1.82) is 5.26 Å². The van der Waals surface area contributed by atoms with Gasteiger partial charge in [-0.25, -0.2) is 0 Å². The van der Waals surface area contributed by atoms with E-state index in [4.69, 9.17) is 34.8 Å². The van der Waals surface area contributed by atoms with Gasteiger partial charge >= 0.3 is 0 Å². The first-order valence-electron chi connectivity index (χ1n) is 8.64. The molecule has 0 unspecified atom stereocenters. The lowest BCUT2D eigenvalue weighted by molar-refractivity contribution is -0.112. The standard InChI is InChI=1S/C22H16Cl3N3O/c1-13-9-15(14(2)28(13)20-8-4-7-19(24)21(20)25)10-16(12-26)22(29)27-18-6-3-5-17(23)11-18/h3-11H,1-2H3,(H,27,29). The average Bonchev–Trinajstić information content (AvgIpc) is 2.95. The summed E-state index contributed by atoms with van der Waals surface area (Å²) in [4.78, 5) is 12.5. The minimum absolute atomic E-state index is 0.0255. The largest absolute Gasteiger partial charge is 0.321 e. The molecule has 1 aromatic heterocycles. The van der Waals surface area contributed by atoms with Crippen LogP contribution in [-0.2, 0) is 4.79 Å². The molecule has 1 amide bonds. The molecule has 0 bridgehead atoms. The number of hydrogen-bond donors (Lipinski definition) is 1. The lowest BCUT2D eigenvalue weighted by Gasteiger charge is -2.12. The Labute approximate surface area is 183 Å². The fourth-order valence-electron chi connectivity index (χ4n) is 3.04. The van der Waals surface area contributed by atoms with Gasteiger partial charge in [0.25, 0.3) is 5.91 Å². The van der Waals surface area contributed by atoms with Crippen LogP contribution in [0.5, 0.6) is 0 Å². The van der Waals surface area contributed by atoms with Gasteiger partial charge in [-0.05, 0) is 61.9 Å². The summed E-state index contributed by atoms with van der Waals surface area (Å²) in [5.74, 6) is -0.514. The fraction of sp³-hybridized carbons (Fsp3) is 0.0909. The molecule has 4 nitrogen and oxygen atoms in total. The van der Waals surface area contributed by atoms with Crippen molar-refractivity contribution in [2.45, 2.75) is 13.8 Å². The minimum Gasteiger partial charge on any atom is -0.321 e. The molecule has 146 valence electrons. The van der Waals surface area contributed by atoms with Crippen LogP contribution in [0, 0.1) is 25.2 Å². The number of rotatable bonds is 4. The number of nitrogens with one attached hydrogen (secondary N) is 1. The number of nitrogens with zero attached hydrogens (tertiary/aromatic N) is 2. The Morgan fingerprint density at radius 3 is 2.52 bits per heavy atom. The molecule has 0 saturated carbocycles. The summed E-state index contributed by atoms with van der Waals surface area (Å²) in [5, 5.41) is 13.6. The van der Waals surface area contributed by atoms with Crippen LogP contribution < -0.4 is 5.32 Å². The van der Waals surface area contributed by atoms with E-state index in [9.17, 15) is 10.1 Å². The van der Waals surface area contributed by atoms with Crippen LogP contribution in [0.2, 0.25) is 15.1 Å². The second-order valence-corrected chi connectivity index (χ2v) is 7.59. The van der Waals surface area contributed by atoms with Crippen LogP contribution in [0.25, 0.3) is 11.8 Å². The van der Waals surface area contributed by atoms with E-state index in [2.05, 4.69) is 5.32 Å². The summed E-state index contributed by atoms with van der Waals surface area (Å²) in [6.45, 7) is 3.81. The Morgan fingerprint density at radius 1 is 1.10 bits per heavy atom. The van der Waals surface area contributed by atoms with E-state index in [1.807, 2.05) is 42.7 Å². The van der Waals surface area contributed by atoms with Crippen LogP contribution in [0.4, 0.5) is 5.69 Å². The topological polar surface area (TPSA) is 57.8 Å². The van der Waals surface area contributed by atoms with Crippen molar-refractivity contribution in [2.75, 3.05) is 5.32 Å². The Hall–Kier alpha value is -2.71. The van der Waals surface area contributed by atoms with Crippen molar-refractivity contribution in [1.82, 2.24) is 4.57 Å². The zero-order valence-corrected chi connectivity index (χ0v) is 17.9. The van der Waals surface area contributed by atoms with Gasteiger partial charge in [-0.15, -0.1) is 0 Å². The smallest absolute Gasteiger partial charge is 0.266 e. The number of halogens is 3. The van der Waals surface area contributed by atoms with Crippen LogP contribution in [0.15, 0.2) is 54.1 Å². The van der Waals surface area contributed by atoms with Gasteiger partial charge in [0, 0.05) is 22.1 Å². The number of nitriles is 1. The third-order valence-electron chi connectivity index (χ3n) is 4.39. The van der Waals surface area contributed by atoms with Gasteiger partial charge in [0.05, 0.1) is 15.7 Å². The maximum absolute atomic E-state index is 12.5. The normalized spacial score (nSPS) is 11.2. The highest BCUT2D eigenvalue weighted by molar-refractivity contribution is 6.43. The van der Waals surface area contributed by atoms with Gasteiger partial charge in [0.2, 0.25) is 0 Å². The third kappa shape index (κ3) is 4.49. The molecule has 0 fully saturated rings. The summed E-state index contributed by atoms with van der Waals surface area (Å²) < 4.78 is 1.93. The third-order valence-corrected chi connectivity index (χ3v) is 5.43. The van der Waals surface area contributed by atoms with Gasteiger partial charge in [-0.1, -0.05) is 46.9 Å². The van der Waals surface area contributed by atoms with Crippen molar-refractivity contribution in [2.24, 2.45) is 0 Å². The number of aromatic nitrogens is 1. The molecule has 1 N–H and O–H groups in total. The molecule has 2 aromatic carbocycles. The summed E-state index contributed by atoms with van der Waals surface area (Å²) in [6, 6.07) is 16.0. The zero-order chi connectivity index (χ0) is 21.1. The number of carbonyl (C=O) groups excluding carboxylic acids is 1. The highest BCUT2D eigenvalue weighted by Gasteiger charge is 2.16. The summed E-state index contributed by atoms with van der Waals surface area (Å²) in [6.07, 6.45) is 1.55. The second-order valence-electron chi connectivity index (χ2n) is 6.37. The number of hydrogen-bond acceptors (Lipinski definition) is 2. The Kier molecular flexibility index (Phi) is 6.34. The molecular weight excluding hydrogens is 429 g/mol. The molecule has 0 radical (unpaired) electrons. The lowest BCUT2D eigenvalue weighted by Crippen LogP contribution is -2.13. The average molecular weight is 445 g/mol. The van der Waals surface area contributed by atoms with E-state index in [0.29, 0.717) is 20.8 Å². The van der Waals surface area contributed by atoms with Crippen molar-refractivity contribution < 1.29 is 4.79 Å². The first kappa shape index (κ1) is 21.0. The first-order chi connectivity index (χ1) is 13.8. The molecule has 0 atom stereocenters. The fourth-order valence-corrected chi connectivity index (χ4v) is 3.61. The molecule has 0 aliphatic rings. The van der Waals surface area contributed by atoms with E-state index in [1.54, 1.807) is 36.4 Å². The first-order valence-corrected chi connectivity index (χ1v) is 9.77. The Bertz CT molecular complexity index is 1170. The van der Waals surface area contributed by atoms with Crippen molar-refractivity contribution in [3.63, 3.8) is 0 Å². The van der Waals surface area contributed by atoms with E-state index in [0.717, 1.165) is 22.6 Å². The SMILES string of the molecule is Cc1cc(C=C(C#N)C(=O)Nc2cccc(Cl)c2)c(C)n1-c1cccc(Cl)c1Cl. The zero-order valence-electron chi connectivity index (χ0n) is 15.6. The molecule has 3 rings (SSSR count). The second kappa shape index (κ2) is 8.75. The maximum atomic E-state index is 12.5. The van der Waals surface area contributed by atoms with Crippen LogP contribution in [0.3, 0.4) is 0 Å². The Balaban J connectivity index is 1.98. The van der Waals surface area contributed by atoms with Gasteiger partial charge in [0.15, 0.2) is 0 Å². The van der Waals surface area contributed by atoms with Gasteiger partial charge in [-0.2, -0.15) is 5.26 Å². The van der Waals surface area contributed by atoms with Crippen LogP contribution >= 0.6 is 34.8 Å². The quantitative estimate of drug-likeness (QED) is 0.364. The number of anilines is 1. The molecule has 7 heteroatoms. The van der Waals surface area contributed by atoms with Crippen molar-refractivity contribution in [3.05, 3.63) is 86.1 Å². The number of aryl methyl sites for hydroxylation is 1. The predicted molar refractivity (Wildman–Crippen MR) is 119 cm³/mol. The van der Waals surface area contributed by atoms with Gasteiger partial charge in [-0.3, -0.25) is 4.79 Å². The molecule has 3 aromatic rings. The van der Waals surface area contributed by atoms with E-state index in [-0.39, 0.29) is 5.57 Å². The Morgan fingerprint density at radius 2 is 1.83 bits per heavy atom. The molecule has 0 aliphatic heterocycles. The van der Waals surface area contributed by atoms with E-state index < -0.39 is 5.91 Å². The van der Waals surface area contributed by atoms with E-state index >= 15 is 0 Å². The van der Waals surface area contributed by atoms with E-state index in [1.165, 1.54) is 0 Å². The maximum Gasteiger partial charge on any atom is 0.266 e. The van der Waals surface area contributed by atoms with Crippen LogP contribution in [-0.4, -0.2) is 10.5 Å². The molecule has 1 heterocycles. The highest BCUT2D eigenvalue weighted by Crippen LogP contribution is 2.32. The molecule has 0 aliphatic carbocycles. The minimum atomic E-state index is -0.514. The van der Waals surface area contributed by atoms with Crippen molar-refractivity contribution >= 4 is 52.5 Å². The predicted octanol–water partition coefficient (Wildman–Crippen LogP) is 6.60.